The van der Waals surface area contributed by atoms with Crippen molar-refractivity contribution in [2.24, 2.45) is 0 Å². The minimum atomic E-state index is -0.644. The molecule has 0 aliphatic heterocycles. The Morgan fingerprint density at radius 3 is 2.55 bits per heavy atom. The van der Waals surface area contributed by atoms with Crippen LogP contribution in [0.1, 0.15) is 18.1 Å². The molecule has 0 bridgehead atoms. The van der Waals surface area contributed by atoms with Crippen LogP contribution in [0.2, 0.25) is 0 Å². The Labute approximate surface area is 221 Å². The summed E-state index contributed by atoms with van der Waals surface area (Å²) in [7, 11) is 1.89. The van der Waals surface area contributed by atoms with E-state index in [1.165, 1.54) is 4.90 Å². The van der Waals surface area contributed by atoms with E-state index in [-0.39, 0.29) is 19.7 Å². The average Bonchev–Trinajstić information content (AvgIpc) is 3.33. The van der Waals surface area contributed by atoms with Crippen LogP contribution in [0.4, 0.5) is 10.8 Å². The van der Waals surface area contributed by atoms with E-state index < -0.39 is 12.1 Å². The smallest absolute Gasteiger partial charge is 0.416 e. The second-order valence-electron chi connectivity index (χ2n) is 8.73. The first kappa shape index (κ1) is 26.5. The Morgan fingerprint density at radius 1 is 0.974 bits per heavy atom. The van der Waals surface area contributed by atoms with Gasteiger partial charge in [-0.15, -0.1) is 0 Å². The van der Waals surface area contributed by atoms with Gasteiger partial charge in [-0.1, -0.05) is 36.4 Å². The Balaban J connectivity index is 1.37. The van der Waals surface area contributed by atoms with Gasteiger partial charge < -0.3 is 23.5 Å². The van der Waals surface area contributed by atoms with Crippen LogP contribution in [-0.2, 0) is 16.1 Å². The lowest BCUT2D eigenvalue weighted by Gasteiger charge is -2.21. The highest BCUT2D eigenvalue weighted by atomic mass is 16.6. The first-order chi connectivity index (χ1) is 18.4. The minimum Gasteiger partial charge on any atom is -0.492 e. The largest absolute Gasteiger partial charge is 0.492 e. The molecule has 4 rings (SSSR count). The van der Waals surface area contributed by atoms with Crippen molar-refractivity contribution in [3.8, 4) is 11.5 Å². The molecule has 0 aliphatic carbocycles. The number of amides is 1. The fraction of sp³-hybridized carbons (Fsp3) is 0.276. The number of carbonyl (C=O) groups excluding carboxylic acids is 2. The summed E-state index contributed by atoms with van der Waals surface area (Å²) in [5, 5.41) is 0. The Kier molecular flexibility index (Phi) is 8.81. The number of esters is 1. The molecule has 198 valence electrons. The number of anilines is 1. The molecule has 38 heavy (non-hydrogen) atoms. The van der Waals surface area contributed by atoms with E-state index in [9.17, 15) is 9.59 Å². The maximum absolute atomic E-state index is 12.9. The van der Waals surface area contributed by atoms with Crippen LogP contribution in [0.3, 0.4) is 0 Å². The van der Waals surface area contributed by atoms with Crippen molar-refractivity contribution in [2.75, 3.05) is 38.3 Å². The lowest BCUT2D eigenvalue weighted by atomic mass is 10.2. The second-order valence-corrected chi connectivity index (χ2v) is 8.73. The highest BCUT2D eigenvalue weighted by molar-refractivity contribution is 5.79. The van der Waals surface area contributed by atoms with Crippen molar-refractivity contribution in [3.63, 3.8) is 0 Å². The third-order valence-electron chi connectivity index (χ3n) is 5.65. The van der Waals surface area contributed by atoms with Crippen LogP contribution in [0.15, 0.2) is 77.2 Å². The molecule has 0 fully saturated rings. The molecule has 3 aromatic carbocycles. The van der Waals surface area contributed by atoms with Gasteiger partial charge in [0.05, 0.1) is 13.2 Å². The van der Waals surface area contributed by atoms with Crippen LogP contribution < -0.4 is 14.4 Å². The van der Waals surface area contributed by atoms with E-state index in [2.05, 4.69) is 4.98 Å². The van der Waals surface area contributed by atoms with Gasteiger partial charge in [0, 0.05) is 13.6 Å². The van der Waals surface area contributed by atoms with Gasteiger partial charge in [-0.25, -0.2) is 4.79 Å². The fourth-order valence-corrected chi connectivity index (χ4v) is 3.77. The van der Waals surface area contributed by atoms with E-state index in [4.69, 9.17) is 18.6 Å². The molecule has 0 saturated heterocycles. The quantitative estimate of drug-likeness (QED) is 0.250. The van der Waals surface area contributed by atoms with Gasteiger partial charge in [0.15, 0.2) is 5.58 Å². The number of para-hydroxylation sites is 2. The van der Waals surface area contributed by atoms with Gasteiger partial charge in [-0.3, -0.25) is 9.69 Å². The summed E-state index contributed by atoms with van der Waals surface area (Å²) < 4.78 is 22.3. The van der Waals surface area contributed by atoms with Crippen LogP contribution in [0, 0.1) is 6.92 Å². The Hall–Kier alpha value is -4.53. The molecule has 0 aliphatic rings. The molecule has 0 saturated carbocycles. The van der Waals surface area contributed by atoms with Crippen molar-refractivity contribution in [1.82, 2.24) is 9.88 Å². The third-order valence-corrected chi connectivity index (χ3v) is 5.65. The van der Waals surface area contributed by atoms with Crippen molar-refractivity contribution >= 4 is 29.2 Å². The van der Waals surface area contributed by atoms with Crippen LogP contribution in [0.5, 0.6) is 11.5 Å². The number of rotatable bonds is 11. The molecule has 0 spiro atoms. The lowest BCUT2D eigenvalue weighted by Crippen LogP contribution is -2.38. The number of fused-ring (bicyclic) bond motifs is 1. The van der Waals surface area contributed by atoms with Crippen molar-refractivity contribution in [3.05, 3.63) is 83.9 Å². The summed E-state index contributed by atoms with van der Waals surface area (Å²) in [6, 6.07) is 22.6. The lowest BCUT2D eigenvalue weighted by molar-refractivity contribution is -0.144. The summed E-state index contributed by atoms with van der Waals surface area (Å²) in [5.74, 6) is 0.531. The van der Waals surface area contributed by atoms with Gasteiger partial charge in [0.1, 0.15) is 30.2 Å². The summed E-state index contributed by atoms with van der Waals surface area (Å²) >= 11 is 0. The summed E-state index contributed by atoms with van der Waals surface area (Å²) in [5.41, 5.74) is 3.27. The number of likely N-dealkylation sites (N-methyl/N-ethyl adjacent to an activating group) is 1. The first-order valence-electron chi connectivity index (χ1n) is 12.4. The molecule has 9 nitrogen and oxygen atoms in total. The molecule has 0 unspecified atom stereocenters. The SMILES string of the molecule is CCOC(=O)CN(Cc1cccc(OCCN(C)c2nc3ccccc3o2)c1)C(=O)Oc1cccc(C)c1. The van der Waals surface area contributed by atoms with Gasteiger partial charge in [-0.2, -0.15) is 4.98 Å². The number of hydrogen-bond donors (Lipinski definition) is 0. The van der Waals surface area contributed by atoms with E-state index >= 15 is 0 Å². The monoisotopic (exact) mass is 517 g/mol. The molecule has 0 N–H and O–H groups in total. The highest BCUT2D eigenvalue weighted by Crippen LogP contribution is 2.21. The molecule has 1 amide bonds. The standard InChI is InChI=1S/C29H31N3O6/c1-4-35-27(33)20-32(29(34)37-24-12-7-9-21(2)17-24)19-22-10-8-11-23(18-22)36-16-15-31(3)28-30-25-13-5-6-14-26(25)38-28/h5-14,17-18H,4,15-16,19-20H2,1-3H3. The number of aryl methyl sites for hydroxylation is 1. The van der Waals surface area contributed by atoms with E-state index in [0.717, 1.165) is 22.2 Å². The van der Waals surface area contributed by atoms with Gasteiger partial charge >= 0.3 is 12.1 Å². The number of nitrogens with zero attached hydrogens (tertiary/aromatic N) is 3. The van der Waals surface area contributed by atoms with Gasteiger partial charge in [0.2, 0.25) is 0 Å². The predicted octanol–water partition coefficient (Wildman–Crippen LogP) is 5.22. The topological polar surface area (TPSA) is 94.3 Å². The van der Waals surface area contributed by atoms with E-state index in [1.807, 2.05) is 73.5 Å². The van der Waals surface area contributed by atoms with Crippen LogP contribution in [0.25, 0.3) is 11.1 Å². The molecule has 1 heterocycles. The van der Waals surface area contributed by atoms with Crippen molar-refractivity contribution in [2.45, 2.75) is 20.4 Å². The zero-order valence-electron chi connectivity index (χ0n) is 21.8. The number of aromatic nitrogens is 1. The van der Waals surface area contributed by atoms with Gasteiger partial charge in [0.25, 0.3) is 6.01 Å². The zero-order valence-corrected chi connectivity index (χ0v) is 21.8. The number of ether oxygens (including phenoxy) is 3. The number of benzene rings is 3. The number of carbonyl (C=O) groups is 2. The maximum Gasteiger partial charge on any atom is 0.416 e. The summed E-state index contributed by atoms with van der Waals surface area (Å²) in [6.07, 6.45) is -0.644. The summed E-state index contributed by atoms with van der Waals surface area (Å²) in [6.45, 7) is 4.69. The molecular weight excluding hydrogens is 486 g/mol. The maximum atomic E-state index is 12.9. The molecule has 9 heteroatoms. The second kappa shape index (κ2) is 12.6. The molecular formula is C29H31N3O6. The minimum absolute atomic E-state index is 0.142. The zero-order chi connectivity index (χ0) is 26.9. The molecule has 4 aromatic rings. The highest BCUT2D eigenvalue weighted by Gasteiger charge is 2.21. The van der Waals surface area contributed by atoms with Crippen LogP contribution >= 0.6 is 0 Å². The van der Waals surface area contributed by atoms with Gasteiger partial charge in [-0.05, 0) is 61.4 Å². The average molecular weight is 518 g/mol. The number of hydrogen-bond acceptors (Lipinski definition) is 8. The molecule has 0 atom stereocenters. The molecule has 0 radical (unpaired) electrons. The Morgan fingerprint density at radius 2 is 1.76 bits per heavy atom. The van der Waals surface area contributed by atoms with Crippen molar-refractivity contribution < 1.29 is 28.2 Å². The van der Waals surface area contributed by atoms with Crippen molar-refractivity contribution in [1.29, 1.82) is 0 Å². The Bertz CT molecular complexity index is 1350. The van der Waals surface area contributed by atoms with E-state index in [0.29, 0.717) is 30.7 Å². The third kappa shape index (κ3) is 7.25. The van der Waals surface area contributed by atoms with Crippen LogP contribution in [-0.4, -0.2) is 55.3 Å². The fourth-order valence-electron chi connectivity index (χ4n) is 3.77. The number of oxazole rings is 1. The predicted molar refractivity (Wildman–Crippen MR) is 143 cm³/mol. The molecule has 1 aromatic heterocycles. The summed E-state index contributed by atoms with van der Waals surface area (Å²) in [4.78, 5) is 32.8. The first-order valence-corrected chi connectivity index (χ1v) is 12.4. The normalized spacial score (nSPS) is 10.7. The van der Waals surface area contributed by atoms with E-state index in [1.54, 1.807) is 25.1 Å².